The van der Waals surface area contributed by atoms with Crippen LogP contribution in [0.1, 0.15) is 12.8 Å². The molecule has 0 radical (unpaired) electrons. The van der Waals surface area contributed by atoms with Crippen LogP contribution in [-0.4, -0.2) is 46.5 Å². The van der Waals surface area contributed by atoms with Gasteiger partial charge in [-0.3, -0.25) is 9.10 Å². The number of nitrogens with zero attached hydrogens (tertiary/aromatic N) is 1. The highest BCUT2D eigenvalue weighted by Gasteiger charge is 2.20. The van der Waals surface area contributed by atoms with Gasteiger partial charge in [-0.05, 0) is 36.9 Å². The number of benzene rings is 2. The summed E-state index contributed by atoms with van der Waals surface area (Å²) < 4.78 is 31.4. The largest absolute Gasteiger partial charge is 0.490 e. The van der Waals surface area contributed by atoms with Gasteiger partial charge in [0.15, 0.2) is 0 Å². The molecule has 2 aromatic carbocycles. The van der Waals surface area contributed by atoms with Crippen molar-refractivity contribution in [1.82, 2.24) is 5.32 Å². The van der Waals surface area contributed by atoms with Gasteiger partial charge in [-0.1, -0.05) is 35.9 Å². The number of hydrogen-bond donors (Lipinski definition) is 1. The van der Waals surface area contributed by atoms with Gasteiger partial charge in [-0.15, -0.1) is 11.8 Å². The van der Waals surface area contributed by atoms with Crippen molar-refractivity contribution in [3.05, 3.63) is 53.6 Å². The van der Waals surface area contributed by atoms with Crippen molar-refractivity contribution in [3.63, 3.8) is 0 Å². The van der Waals surface area contributed by atoms with Gasteiger partial charge in [-0.25, -0.2) is 8.42 Å². The summed E-state index contributed by atoms with van der Waals surface area (Å²) in [5.41, 5.74) is 0.635. The quantitative estimate of drug-likeness (QED) is 0.411. The van der Waals surface area contributed by atoms with Crippen molar-refractivity contribution >= 4 is 45.0 Å². The maximum atomic E-state index is 12.2. The Hall–Kier alpha value is -1.90. The number of thioether (sulfide) groups is 1. The second-order valence-electron chi connectivity index (χ2n) is 6.24. The van der Waals surface area contributed by atoms with Crippen molar-refractivity contribution in [1.29, 1.82) is 0 Å². The number of carbonyl (C=O) groups is 1. The molecular formula is C20H25ClN2O4S2. The molecule has 1 amide bonds. The minimum absolute atomic E-state index is 0.153. The van der Waals surface area contributed by atoms with E-state index in [2.05, 4.69) is 5.32 Å². The normalized spacial score (nSPS) is 11.1. The Morgan fingerprint density at radius 3 is 2.55 bits per heavy atom. The standard InChI is InChI=1S/C20H25ClN2O4S2/c1-28-19-11-6-4-9-17(19)23(29(2,25)26)14-7-12-20(24)22-13-15-27-18-10-5-3-8-16(18)21/h3-6,8-11H,7,12-15H2,1-2H3,(H,22,24). The van der Waals surface area contributed by atoms with Crippen molar-refractivity contribution in [2.45, 2.75) is 17.7 Å². The Labute approximate surface area is 181 Å². The number of amides is 1. The molecular weight excluding hydrogens is 432 g/mol. The SMILES string of the molecule is CSc1ccccc1N(CCCC(=O)NCCOc1ccccc1Cl)S(C)(=O)=O. The molecule has 0 saturated carbocycles. The van der Waals surface area contributed by atoms with Crippen molar-refractivity contribution in [3.8, 4) is 5.75 Å². The highest BCUT2D eigenvalue weighted by Crippen LogP contribution is 2.30. The van der Waals surface area contributed by atoms with E-state index in [0.29, 0.717) is 36.0 Å². The average molecular weight is 457 g/mol. The predicted molar refractivity (Wildman–Crippen MR) is 120 cm³/mol. The minimum atomic E-state index is -3.45. The number of para-hydroxylation sites is 2. The molecule has 0 heterocycles. The van der Waals surface area contributed by atoms with E-state index in [-0.39, 0.29) is 18.9 Å². The van der Waals surface area contributed by atoms with E-state index in [4.69, 9.17) is 16.3 Å². The Balaban J connectivity index is 1.80. The van der Waals surface area contributed by atoms with Crippen molar-refractivity contribution in [2.24, 2.45) is 0 Å². The van der Waals surface area contributed by atoms with Gasteiger partial charge in [0.05, 0.1) is 23.5 Å². The Morgan fingerprint density at radius 2 is 1.86 bits per heavy atom. The third kappa shape index (κ3) is 7.45. The zero-order valence-corrected chi connectivity index (χ0v) is 18.8. The molecule has 0 aromatic heterocycles. The van der Waals surface area contributed by atoms with Gasteiger partial charge in [0.2, 0.25) is 15.9 Å². The van der Waals surface area contributed by atoms with E-state index in [1.165, 1.54) is 22.3 Å². The molecule has 2 aromatic rings. The number of hydrogen-bond acceptors (Lipinski definition) is 5. The lowest BCUT2D eigenvalue weighted by atomic mass is 10.2. The number of sulfonamides is 1. The van der Waals surface area contributed by atoms with Crippen LogP contribution in [0.15, 0.2) is 53.4 Å². The summed E-state index contributed by atoms with van der Waals surface area (Å²) >= 11 is 7.49. The highest BCUT2D eigenvalue weighted by molar-refractivity contribution is 7.99. The molecule has 29 heavy (non-hydrogen) atoms. The first-order valence-corrected chi connectivity index (χ1v) is 12.5. The molecule has 6 nitrogen and oxygen atoms in total. The van der Waals surface area contributed by atoms with E-state index in [1.807, 2.05) is 30.5 Å². The fourth-order valence-corrected chi connectivity index (χ4v) is 4.51. The molecule has 0 atom stereocenters. The van der Waals surface area contributed by atoms with Gasteiger partial charge in [0.1, 0.15) is 12.4 Å². The molecule has 0 unspecified atom stereocenters. The maximum Gasteiger partial charge on any atom is 0.232 e. The molecule has 0 bridgehead atoms. The Bertz CT molecular complexity index is 922. The van der Waals surface area contributed by atoms with Crippen molar-refractivity contribution in [2.75, 3.05) is 36.5 Å². The smallest absolute Gasteiger partial charge is 0.232 e. The molecule has 0 aliphatic carbocycles. The third-order valence-electron chi connectivity index (χ3n) is 4.04. The summed E-state index contributed by atoms with van der Waals surface area (Å²) in [5.74, 6) is 0.416. The van der Waals surface area contributed by atoms with E-state index in [9.17, 15) is 13.2 Å². The number of ether oxygens (including phenoxy) is 1. The van der Waals surface area contributed by atoms with Crippen molar-refractivity contribution < 1.29 is 17.9 Å². The van der Waals surface area contributed by atoms with Crippen LogP contribution in [0.4, 0.5) is 5.69 Å². The van der Waals surface area contributed by atoms with Crippen LogP contribution in [-0.2, 0) is 14.8 Å². The van der Waals surface area contributed by atoms with Crippen LogP contribution in [0.3, 0.4) is 0 Å². The summed E-state index contributed by atoms with van der Waals surface area (Å²) in [7, 11) is -3.45. The predicted octanol–water partition coefficient (Wildman–Crippen LogP) is 3.80. The second-order valence-corrected chi connectivity index (χ2v) is 9.40. The van der Waals surface area contributed by atoms with E-state index in [0.717, 1.165) is 4.90 Å². The second kappa shape index (κ2) is 11.3. The molecule has 1 N–H and O–H groups in total. The van der Waals surface area contributed by atoms with Gasteiger partial charge < -0.3 is 10.1 Å². The van der Waals surface area contributed by atoms with Crippen LogP contribution < -0.4 is 14.4 Å². The van der Waals surface area contributed by atoms with Crippen LogP contribution in [0, 0.1) is 0 Å². The topological polar surface area (TPSA) is 75.7 Å². The van der Waals surface area contributed by atoms with E-state index >= 15 is 0 Å². The number of nitrogens with one attached hydrogen (secondary N) is 1. The molecule has 0 fully saturated rings. The van der Waals surface area contributed by atoms with Crippen LogP contribution in [0.25, 0.3) is 0 Å². The summed E-state index contributed by atoms with van der Waals surface area (Å²) in [6, 6.07) is 14.5. The van der Waals surface area contributed by atoms with Crippen LogP contribution in [0.5, 0.6) is 5.75 Å². The first kappa shape index (κ1) is 23.4. The van der Waals surface area contributed by atoms with Gasteiger partial charge >= 0.3 is 0 Å². The first-order valence-electron chi connectivity index (χ1n) is 9.07. The molecule has 0 aliphatic heterocycles. The van der Waals surface area contributed by atoms with E-state index in [1.54, 1.807) is 24.3 Å². The molecule has 2 rings (SSSR count). The lowest BCUT2D eigenvalue weighted by Crippen LogP contribution is -2.33. The number of rotatable bonds is 11. The van der Waals surface area contributed by atoms with Gasteiger partial charge in [0, 0.05) is 17.9 Å². The highest BCUT2D eigenvalue weighted by atomic mass is 35.5. The lowest BCUT2D eigenvalue weighted by molar-refractivity contribution is -0.121. The number of halogens is 1. The zero-order chi connectivity index (χ0) is 21.3. The summed E-state index contributed by atoms with van der Waals surface area (Å²) in [6.45, 7) is 0.876. The average Bonchev–Trinajstić information content (AvgIpc) is 2.69. The summed E-state index contributed by atoms with van der Waals surface area (Å²) in [5, 5.41) is 3.29. The van der Waals surface area contributed by atoms with Crippen LogP contribution >= 0.6 is 23.4 Å². The Morgan fingerprint density at radius 1 is 1.17 bits per heavy atom. The molecule has 0 spiro atoms. The fourth-order valence-electron chi connectivity index (χ4n) is 2.69. The number of anilines is 1. The molecule has 158 valence electrons. The zero-order valence-electron chi connectivity index (χ0n) is 16.4. The van der Waals surface area contributed by atoms with Gasteiger partial charge in [0.25, 0.3) is 0 Å². The molecule has 9 heteroatoms. The third-order valence-corrected chi connectivity index (χ3v) is 6.31. The monoisotopic (exact) mass is 456 g/mol. The first-order chi connectivity index (χ1) is 13.8. The Kier molecular flexibility index (Phi) is 9.13. The summed E-state index contributed by atoms with van der Waals surface area (Å²) in [4.78, 5) is 12.9. The lowest BCUT2D eigenvalue weighted by Gasteiger charge is -2.24. The van der Waals surface area contributed by atoms with Crippen LogP contribution in [0.2, 0.25) is 5.02 Å². The maximum absolute atomic E-state index is 12.2. The summed E-state index contributed by atoms with van der Waals surface area (Å²) in [6.07, 6.45) is 3.71. The molecule has 0 saturated heterocycles. The minimum Gasteiger partial charge on any atom is -0.490 e. The van der Waals surface area contributed by atoms with E-state index < -0.39 is 10.0 Å². The fraction of sp³-hybridized carbons (Fsp3) is 0.350. The molecule has 0 aliphatic rings. The number of carbonyl (C=O) groups excluding carboxylic acids is 1. The van der Waals surface area contributed by atoms with Gasteiger partial charge in [-0.2, -0.15) is 0 Å².